The molecule has 0 spiro atoms. The lowest BCUT2D eigenvalue weighted by atomic mass is 10.3. The van der Waals surface area contributed by atoms with Crippen LogP contribution in [-0.2, 0) is 0 Å². The predicted molar refractivity (Wildman–Crippen MR) is 54.9 cm³/mol. The van der Waals surface area contributed by atoms with Gasteiger partial charge in [0, 0.05) is 5.03 Å². The Labute approximate surface area is 75.3 Å². The number of halogens is 1. The molecule has 0 atom stereocenters. The van der Waals surface area contributed by atoms with Gasteiger partial charge in [-0.2, -0.15) is 0 Å². The summed E-state index contributed by atoms with van der Waals surface area (Å²) in [5, 5.41) is 0.787. The maximum absolute atomic E-state index is 5.74. The van der Waals surface area contributed by atoms with Gasteiger partial charge < -0.3 is 0 Å². The molecule has 64 valence electrons. The van der Waals surface area contributed by atoms with Gasteiger partial charge in [-0.15, -0.1) is 0 Å². The molecule has 0 aromatic rings. The van der Waals surface area contributed by atoms with Crippen LogP contribution in [0.3, 0.4) is 0 Å². The molecule has 0 N–H and O–H groups in total. The van der Waals surface area contributed by atoms with Crippen molar-refractivity contribution in [2.45, 2.75) is 27.7 Å². The standard InChI is InChI=1S/C8H11Cl.C2H6/c1-4-5-6-8(9)7(2)3;1-2/h4-6H,1H2,2-3H3;1-2H3/b6-5-;. The molecule has 0 rings (SSSR count). The molecule has 0 bridgehead atoms. The van der Waals surface area contributed by atoms with Crippen LogP contribution in [0.2, 0.25) is 0 Å². The molecule has 0 fully saturated rings. The number of hydrogen-bond acceptors (Lipinski definition) is 0. The van der Waals surface area contributed by atoms with Gasteiger partial charge in [-0.3, -0.25) is 0 Å². The van der Waals surface area contributed by atoms with Crippen LogP contribution in [0.15, 0.2) is 35.4 Å². The summed E-state index contributed by atoms with van der Waals surface area (Å²) in [6.07, 6.45) is 5.34. The molecule has 1 heteroatoms. The summed E-state index contributed by atoms with van der Waals surface area (Å²) < 4.78 is 0. The van der Waals surface area contributed by atoms with Crippen LogP contribution in [0.4, 0.5) is 0 Å². The first kappa shape index (κ1) is 13.1. The lowest BCUT2D eigenvalue weighted by molar-refractivity contribution is 1.38. The average molecular weight is 173 g/mol. The fourth-order valence-corrected chi connectivity index (χ4v) is 0.392. The van der Waals surface area contributed by atoms with Crippen LogP contribution >= 0.6 is 11.6 Å². The van der Waals surface area contributed by atoms with Crippen LogP contribution in [0.1, 0.15) is 27.7 Å². The summed E-state index contributed by atoms with van der Waals surface area (Å²) in [5.41, 5.74) is 1.12. The minimum atomic E-state index is 0.787. The number of rotatable bonds is 2. The summed E-state index contributed by atoms with van der Waals surface area (Å²) in [6, 6.07) is 0. The van der Waals surface area contributed by atoms with E-state index in [0.717, 1.165) is 10.6 Å². The van der Waals surface area contributed by atoms with Gasteiger partial charge in [-0.25, -0.2) is 0 Å². The first-order chi connectivity index (χ1) is 5.18. The Bertz CT molecular complexity index is 148. The van der Waals surface area contributed by atoms with Gasteiger partial charge in [0.15, 0.2) is 0 Å². The van der Waals surface area contributed by atoms with Gasteiger partial charge in [0.1, 0.15) is 0 Å². The van der Waals surface area contributed by atoms with Crippen molar-refractivity contribution in [2.75, 3.05) is 0 Å². The first-order valence-corrected chi connectivity index (χ1v) is 4.18. The quantitative estimate of drug-likeness (QED) is 0.546. The fraction of sp³-hybridized carbons (Fsp3) is 0.400. The van der Waals surface area contributed by atoms with Crippen molar-refractivity contribution < 1.29 is 0 Å². The van der Waals surface area contributed by atoms with Crippen molar-refractivity contribution in [2.24, 2.45) is 0 Å². The Balaban J connectivity index is 0. The zero-order valence-electron chi connectivity index (χ0n) is 7.82. The summed E-state index contributed by atoms with van der Waals surface area (Å²) in [4.78, 5) is 0. The molecule has 11 heavy (non-hydrogen) atoms. The van der Waals surface area contributed by atoms with Crippen LogP contribution in [0, 0.1) is 0 Å². The Morgan fingerprint density at radius 3 is 2.00 bits per heavy atom. The monoisotopic (exact) mass is 172 g/mol. The lowest BCUT2D eigenvalue weighted by Gasteiger charge is -1.89. The summed E-state index contributed by atoms with van der Waals surface area (Å²) in [5.74, 6) is 0. The Kier molecular flexibility index (Phi) is 11.3. The van der Waals surface area contributed by atoms with E-state index in [0.29, 0.717) is 0 Å². The van der Waals surface area contributed by atoms with Crippen molar-refractivity contribution in [3.05, 3.63) is 35.4 Å². The van der Waals surface area contributed by atoms with E-state index in [2.05, 4.69) is 6.58 Å². The third-order valence-electron chi connectivity index (χ3n) is 0.856. The highest BCUT2D eigenvalue weighted by Crippen LogP contribution is 2.08. The number of allylic oxidation sites excluding steroid dienone is 5. The van der Waals surface area contributed by atoms with Crippen molar-refractivity contribution in [1.82, 2.24) is 0 Å². The van der Waals surface area contributed by atoms with Gasteiger partial charge >= 0.3 is 0 Å². The summed E-state index contributed by atoms with van der Waals surface area (Å²) in [6.45, 7) is 11.5. The van der Waals surface area contributed by atoms with Crippen LogP contribution in [0.25, 0.3) is 0 Å². The van der Waals surface area contributed by atoms with Gasteiger partial charge in [0.25, 0.3) is 0 Å². The number of hydrogen-bond donors (Lipinski definition) is 0. The molecule has 0 unspecified atom stereocenters. The molecule has 0 aromatic heterocycles. The van der Waals surface area contributed by atoms with Crippen molar-refractivity contribution in [1.29, 1.82) is 0 Å². The third kappa shape index (κ3) is 9.51. The SMILES string of the molecule is C=C/C=C\C(Cl)=C(C)C.CC. The Hall–Kier alpha value is -0.490. The van der Waals surface area contributed by atoms with Gasteiger partial charge in [0.05, 0.1) is 0 Å². The third-order valence-corrected chi connectivity index (χ3v) is 1.36. The van der Waals surface area contributed by atoms with Crippen molar-refractivity contribution in [3.8, 4) is 0 Å². The van der Waals surface area contributed by atoms with E-state index >= 15 is 0 Å². The Morgan fingerprint density at radius 1 is 1.27 bits per heavy atom. The molecule has 0 aliphatic heterocycles. The predicted octanol–water partition coefficient (Wildman–Crippen LogP) is 4.29. The maximum atomic E-state index is 5.74. The Morgan fingerprint density at radius 2 is 1.73 bits per heavy atom. The second-order valence-electron chi connectivity index (χ2n) is 1.94. The summed E-state index contributed by atoms with van der Waals surface area (Å²) >= 11 is 5.74. The highest BCUT2D eigenvalue weighted by Gasteiger charge is 1.84. The first-order valence-electron chi connectivity index (χ1n) is 3.80. The average Bonchev–Trinajstić information content (AvgIpc) is 2.03. The molecule has 0 saturated carbocycles. The van der Waals surface area contributed by atoms with E-state index in [1.54, 1.807) is 6.08 Å². The molecule has 0 aliphatic rings. The van der Waals surface area contributed by atoms with E-state index in [-0.39, 0.29) is 0 Å². The van der Waals surface area contributed by atoms with E-state index < -0.39 is 0 Å². The molecule has 0 amide bonds. The largest absolute Gasteiger partial charge is 0.0991 e. The van der Waals surface area contributed by atoms with E-state index in [4.69, 9.17) is 11.6 Å². The zero-order valence-corrected chi connectivity index (χ0v) is 8.57. The highest BCUT2D eigenvalue weighted by molar-refractivity contribution is 6.31. The van der Waals surface area contributed by atoms with Crippen LogP contribution in [-0.4, -0.2) is 0 Å². The maximum Gasteiger partial charge on any atom is 0.0392 e. The van der Waals surface area contributed by atoms with Gasteiger partial charge in [0.2, 0.25) is 0 Å². The van der Waals surface area contributed by atoms with E-state index in [1.165, 1.54) is 0 Å². The second-order valence-corrected chi connectivity index (χ2v) is 2.35. The normalized spacial score (nSPS) is 8.45. The van der Waals surface area contributed by atoms with Crippen LogP contribution in [0.5, 0.6) is 0 Å². The lowest BCUT2D eigenvalue weighted by Crippen LogP contribution is -1.67. The van der Waals surface area contributed by atoms with Gasteiger partial charge in [-0.05, 0) is 19.9 Å². The molecule has 0 aliphatic carbocycles. The highest BCUT2D eigenvalue weighted by atomic mass is 35.5. The molecule has 0 radical (unpaired) electrons. The summed E-state index contributed by atoms with van der Waals surface area (Å²) in [7, 11) is 0. The van der Waals surface area contributed by atoms with E-state index in [9.17, 15) is 0 Å². The molecular formula is C10H17Cl. The minimum absolute atomic E-state index is 0.787. The van der Waals surface area contributed by atoms with Gasteiger partial charge in [-0.1, -0.05) is 49.8 Å². The topological polar surface area (TPSA) is 0 Å². The van der Waals surface area contributed by atoms with Crippen molar-refractivity contribution >= 4 is 11.6 Å². The zero-order chi connectivity index (χ0) is 9.28. The fourth-order valence-electron chi connectivity index (χ4n) is 0.319. The molecule has 0 nitrogen and oxygen atoms in total. The second kappa shape index (κ2) is 9.51. The van der Waals surface area contributed by atoms with Crippen LogP contribution < -0.4 is 0 Å². The molecule has 0 heterocycles. The molecular weight excluding hydrogens is 156 g/mol. The van der Waals surface area contributed by atoms with E-state index in [1.807, 2.05) is 39.8 Å². The molecule has 0 aromatic carbocycles. The molecule has 0 saturated heterocycles. The minimum Gasteiger partial charge on any atom is -0.0991 e. The smallest absolute Gasteiger partial charge is 0.0392 e. The van der Waals surface area contributed by atoms with Crippen molar-refractivity contribution in [3.63, 3.8) is 0 Å².